The van der Waals surface area contributed by atoms with E-state index in [9.17, 15) is 4.79 Å². The van der Waals surface area contributed by atoms with Crippen molar-refractivity contribution in [2.24, 2.45) is 11.8 Å². The lowest BCUT2D eigenvalue weighted by Crippen LogP contribution is -2.48. The molecule has 2 aromatic rings. The van der Waals surface area contributed by atoms with E-state index < -0.39 is 0 Å². The maximum absolute atomic E-state index is 13.2. The van der Waals surface area contributed by atoms with E-state index in [0.717, 1.165) is 12.8 Å². The normalized spacial score (nSPS) is 26.2. The number of nitrogens with one attached hydrogen (secondary N) is 1. The number of fused-ring (bicyclic) bond motifs is 1. The average Bonchev–Trinajstić information content (AvgIpc) is 2.61. The molecule has 0 aromatic heterocycles. The molecule has 2 nitrogen and oxygen atoms in total. The third-order valence-electron chi connectivity index (χ3n) is 5.94. The van der Waals surface area contributed by atoms with Gasteiger partial charge in [-0.15, -0.1) is 0 Å². The second-order valence-electron chi connectivity index (χ2n) is 7.85. The van der Waals surface area contributed by atoms with Gasteiger partial charge in [0.2, 0.25) is 5.91 Å². The highest BCUT2D eigenvalue weighted by Crippen LogP contribution is 2.59. The van der Waals surface area contributed by atoms with E-state index in [-0.39, 0.29) is 23.8 Å². The molecule has 2 aromatic carbocycles. The molecule has 130 valence electrons. The Morgan fingerprint density at radius 1 is 0.920 bits per heavy atom. The lowest BCUT2D eigenvalue weighted by atomic mass is 9.53. The monoisotopic (exact) mass is 333 g/mol. The van der Waals surface area contributed by atoms with Crippen molar-refractivity contribution in [1.82, 2.24) is 5.32 Å². The lowest BCUT2D eigenvalue weighted by Gasteiger charge is -2.50. The van der Waals surface area contributed by atoms with Crippen molar-refractivity contribution in [3.63, 3.8) is 0 Å². The topological polar surface area (TPSA) is 29.1 Å². The van der Waals surface area contributed by atoms with Crippen LogP contribution in [-0.2, 0) is 4.79 Å². The van der Waals surface area contributed by atoms with Crippen molar-refractivity contribution >= 4 is 5.91 Å². The Morgan fingerprint density at radius 3 is 1.84 bits per heavy atom. The van der Waals surface area contributed by atoms with Crippen LogP contribution in [0.4, 0.5) is 0 Å². The van der Waals surface area contributed by atoms with E-state index in [2.05, 4.69) is 74.6 Å². The Kier molecular flexibility index (Phi) is 4.15. The van der Waals surface area contributed by atoms with Crippen LogP contribution in [0, 0.1) is 11.8 Å². The number of hydrogen-bond donors (Lipinski definition) is 1. The second-order valence-corrected chi connectivity index (χ2v) is 7.85. The van der Waals surface area contributed by atoms with E-state index in [0.29, 0.717) is 11.8 Å². The molecule has 0 fully saturated rings. The van der Waals surface area contributed by atoms with Crippen LogP contribution in [0.3, 0.4) is 0 Å². The molecule has 0 radical (unpaired) electrons. The predicted molar refractivity (Wildman–Crippen MR) is 102 cm³/mol. The van der Waals surface area contributed by atoms with Crippen molar-refractivity contribution in [2.45, 2.75) is 51.5 Å². The van der Waals surface area contributed by atoms with E-state index >= 15 is 0 Å². The van der Waals surface area contributed by atoms with Crippen molar-refractivity contribution in [3.05, 3.63) is 70.8 Å². The van der Waals surface area contributed by atoms with Crippen molar-refractivity contribution in [1.29, 1.82) is 0 Å². The summed E-state index contributed by atoms with van der Waals surface area (Å²) in [4.78, 5) is 13.2. The van der Waals surface area contributed by atoms with Gasteiger partial charge >= 0.3 is 0 Å². The molecule has 0 aliphatic heterocycles. The number of amides is 1. The van der Waals surface area contributed by atoms with Gasteiger partial charge in [-0.2, -0.15) is 0 Å². The SMILES string of the molecule is CCCC1C2c3ccccc3C(c3ccccc32)C1C(=O)NC(C)C. The van der Waals surface area contributed by atoms with Crippen LogP contribution in [-0.4, -0.2) is 11.9 Å². The van der Waals surface area contributed by atoms with Crippen LogP contribution in [0.25, 0.3) is 0 Å². The third kappa shape index (κ3) is 2.50. The number of carbonyl (C=O) groups is 1. The molecule has 3 aliphatic carbocycles. The highest BCUT2D eigenvalue weighted by molar-refractivity contribution is 5.83. The van der Waals surface area contributed by atoms with Gasteiger partial charge in [-0.05, 0) is 48.4 Å². The maximum Gasteiger partial charge on any atom is 0.224 e. The minimum atomic E-state index is 0.0390. The summed E-state index contributed by atoms with van der Waals surface area (Å²) in [7, 11) is 0. The largest absolute Gasteiger partial charge is 0.354 e. The molecule has 0 spiro atoms. The predicted octanol–water partition coefficient (Wildman–Crippen LogP) is 4.83. The summed E-state index contributed by atoms with van der Waals surface area (Å²) < 4.78 is 0. The summed E-state index contributed by atoms with van der Waals surface area (Å²) in [6, 6.07) is 17.7. The Balaban J connectivity index is 1.90. The smallest absolute Gasteiger partial charge is 0.224 e. The Hall–Kier alpha value is -2.09. The Labute approximate surface area is 150 Å². The summed E-state index contributed by atoms with van der Waals surface area (Å²) in [6.07, 6.45) is 2.21. The molecule has 5 rings (SSSR count). The highest BCUT2D eigenvalue weighted by atomic mass is 16.2. The van der Waals surface area contributed by atoms with Crippen LogP contribution in [0.5, 0.6) is 0 Å². The first-order valence-corrected chi connectivity index (χ1v) is 9.61. The summed E-state index contributed by atoms with van der Waals surface area (Å²) in [5.41, 5.74) is 5.61. The maximum atomic E-state index is 13.2. The lowest BCUT2D eigenvalue weighted by molar-refractivity contribution is -0.128. The zero-order valence-electron chi connectivity index (χ0n) is 15.3. The van der Waals surface area contributed by atoms with Crippen molar-refractivity contribution in [2.75, 3.05) is 0 Å². The fourth-order valence-corrected chi connectivity index (χ4v) is 5.20. The minimum absolute atomic E-state index is 0.0390. The van der Waals surface area contributed by atoms with Crippen LogP contribution in [0.2, 0.25) is 0 Å². The summed E-state index contributed by atoms with van der Waals surface area (Å²) in [5.74, 6) is 1.19. The molecule has 2 heteroatoms. The van der Waals surface area contributed by atoms with Gasteiger partial charge in [-0.1, -0.05) is 61.9 Å². The zero-order chi connectivity index (χ0) is 17.6. The van der Waals surface area contributed by atoms with Gasteiger partial charge in [0.15, 0.2) is 0 Å². The van der Waals surface area contributed by atoms with Gasteiger partial charge in [-0.3, -0.25) is 4.79 Å². The van der Waals surface area contributed by atoms with Crippen LogP contribution < -0.4 is 5.32 Å². The number of carbonyl (C=O) groups excluding carboxylic acids is 1. The van der Waals surface area contributed by atoms with Gasteiger partial charge in [0, 0.05) is 17.9 Å². The van der Waals surface area contributed by atoms with Crippen molar-refractivity contribution in [3.8, 4) is 0 Å². The van der Waals surface area contributed by atoms with Gasteiger partial charge in [0.05, 0.1) is 5.92 Å². The molecule has 2 unspecified atom stereocenters. The molecule has 25 heavy (non-hydrogen) atoms. The summed E-state index contributed by atoms with van der Waals surface area (Å²) in [6.45, 7) is 6.34. The molecule has 0 heterocycles. The Bertz CT molecular complexity index is 747. The number of benzene rings is 2. The Morgan fingerprint density at radius 2 is 1.40 bits per heavy atom. The van der Waals surface area contributed by atoms with Gasteiger partial charge < -0.3 is 5.32 Å². The first-order valence-electron chi connectivity index (χ1n) is 9.61. The molecule has 3 aliphatic rings. The molecular formula is C23H27NO. The van der Waals surface area contributed by atoms with E-state index in [4.69, 9.17) is 0 Å². The minimum Gasteiger partial charge on any atom is -0.354 e. The van der Waals surface area contributed by atoms with E-state index in [1.54, 1.807) is 0 Å². The van der Waals surface area contributed by atoms with Crippen LogP contribution in [0.1, 0.15) is 67.7 Å². The average molecular weight is 333 g/mol. The first-order chi connectivity index (χ1) is 12.1. The van der Waals surface area contributed by atoms with Gasteiger partial charge in [-0.25, -0.2) is 0 Å². The second kappa shape index (κ2) is 6.33. The molecule has 1 N–H and O–H groups in total. The van der Waals surface area contributed by atoms with Crippen LogP contribution in [0.15, 0.2) is 48.5 Å². The molecule has 1 amide bonds. The molecular weight excluding hydrogens is 306 g/mol. The van der Waals surface area contributed by atoms with E-state index in [1.807, 2.05) is 0 Å². The molecule has 0 saturated carbocycles. The van der Waals surface area contributed by atoms with Gasteiger partial charge in [0.25, 0.3) is 0 Å². The molecule has 2 bridgehead atoms. The summed E-state index contributed by atoms with van der Waals surface area (Å²) in [5, 5.41) is 3.21. The fraction of sp³-hybridized carbons (Fsp3) is 0.435. The summed E-state index contributed by atoms with van der Waals surface area (Å²) >= 11 is 0. The van der Waals surface area contributed by atoms with Crippen molar-refractivity contribution < 1.29 is 4.79 Å². The quantitative estimate of drug-likeness (QED) is 0.853. The fourth-order valence-electron chi connectivity index (χ4n) is 5.20. The van der Waals surface area contributed by atoms with Crippen LogP contribution >= 0.6 is 0 Å². The number of rotatable bonds is 4. The molecule has 2 atom stereocenters. The zero-order valence-corrected chi connectivity index (χ0v) is 15.3. The van der Waals surface area contributed by atoms with Gasteiger partial charge in [0.1, 0.15) is 0 Å². The molecule has 0 saturated heterocycles. The first kappa shape index (κ1) is 16.4. The third-order valence-corrected chi connectivity index (χ3v) is 5.94. The number of hydrogen-bond acceptors (Lipinski definition) is 1. The standard InChI is InChI=1S/C23H27NO/c1-4-9-19-20-15-10-5-7-12-17(15)21(18-13-8-6-11-16(18)20)22(19)23(25)24-14(2)3/h5-8,10-14,19-22H,4,9H2,1-3H3,(H,24,25). The highest BCUT2D eigenvalue weighted by Gasteiger charge is 2.51. The van der Waals surface area contributed by atoms with E-state index in [1.165, 1.54) is 22.3 Å².